The van der Waals surface area contributed by atoms with Crippen molar-refractivity contribution in [2.75, 3.05) is 7.05 Å². The van der Waals surface area contributed by atoms with Crippen molar-refractivity contribution in [3.05, 3.63) is 35.4 Å². The van der Waals surface area contributed by atoms with Gasteiger partial charge in [-0.1, -0.05) is 24.3 Å². The van der Waals surface area contributed by atoms with E-state index in [9.17, 15) is 9.59 Å². The van der Waals surface area contributed by atoms with Crippen molar-refractivity contribution in [1.82, 2.24) is 4.90 Å². The Hall–Kier alpha value is -1.64. The molecule has 0 spiro atoms. The number of hydrogen-bond donors (Lipinski definition) is 0. The maximum atomic E-state index is 11.0. The molecule has 0 fully saturated rings. The molecule has 80 valence electrons. The van der Waals surface area contributed by atoms with Crippen LogP contribution in [0.1, 0.15) is 29.8 Å². The van der Waals surface area contributed by atoms with E-state index >= 15 is 0 Å². The highest BCUT2D eigenvalue weighted by atomic mass is 16.2. The van der Waals surface area contributed by atoms with Crippen LogP contribution in [0, 0.1) is 0 Å². The van der Waals surface area contributed by atoms with E-state index in [1.807, 2.05) is 12.1 Å². The summed E-state index contributed by atoms with van der Waals surface area (Å²) in [5.41, 5.74) is 1.72. The molecule has 15 heavy (non-hydrogen) atoms. The smallest absolute Gasteiger partial charge is 0.219 e. The zero-order valence-electron chi connectivity index (χ0n) is 9.28. The van der Waals surface area contributed by atoms with E-state index in [0.29, 0.717) is 12.1 Å². The number of carbonyl (C=O) groups is 2. The molecular weight excluding hydrogens is 190 g/mol. The first-order chi connectivity index (χ1) is 7.00. The third-order valence-electron chi connectivity index (χ3n) is 2.32. The van der Waals surface area contributed by atoms with Gasteiger partial charge in [-0.25, -0.2) is 0 Å². The largest absolute Gasteiger partial charge is 0.342 e. The summed E-state index contributed by atoms with van der Waals surface area (Å²) in [6.45, 7) is 3.65. The lowest BCUT2D eigenvalue weighted by atomic mass is 10.1. The SMILES string of the molecule is CC(=O)c1ccc(CN(C)C(C)=O)cc1. The van der Waals surface area contributed by atoms with Crippen LogP contribution in [0.5, 0.6) is 0 Å². The number of benzene rings is 1. The highest BCUT2D eigenvalue weighted by Gasteiger charge is 2.04. The van der Waals surface area contributed by atoms with Crippen molar-refractivity contribution in [1.29, 1.82) is 0 Å². The van der Waals surface area contributed by atoms with Crippen LogP contribution in [0.4, 0.5) is 0 Å². The lowest BCUT2D eigenvalue weighted by Gasteiger charge is -2.14. The molecule has 3 nitrogen and oxygen atoms in total. The van der Waals surface area contributed by atoms with E-state index < -0.39 is 0 Å². The van der Waals surface area contributed by atoms with Crippen molar-refractivity contribution in [3.63, 3.8) is 0 Å². The maximum absolute atomic E-state index is 11.0. The van der Waals surface area contributed by atoms with Gasteiger partial charge in [0.05, 0.1) is 0 Å². The summed E-state index contributed by atoms with van der Waals surface area (Å²) in [6, 6.07) is 7.31. The summed E-state index contributed by atoms with van der Waals surface area (Å²) in [4.78, 5) is 23.6. The van der Waals surface area contributed by atoms with Gasteiger partial charge in [0.15, 0.2) is 5.78 Å². The van der Waals surface area contributed by atoms with Crippen LogP contribution in [0.2, 0.25) is 0 Å². The molecule has 0 unspecified atom stereocenters. The molecule has 1 aromatic rings. The summed E-state index contributed by atoms with van der Waals surface area (Å²) in [7, 11) is 1.75. The lowest BCUT2D eigenvalue weighted by Crippen LogP contribution is -2.22. The molecule has 0 radical (unpaired) electrons. The van der Waals surface area contributed by atoms with E-state index in [0.717, 1.165) is 5.56 Å². The van der Waals surface area contributed by atoms with Gasteiger partial charge in [0.2, 0.25) is 5.91 Å². The zero-order valence-corrected chi connectivity index (χ0v) is 9.28. The Balaban J connectivity index is 2.72. The molecule has 0 heterocycles. The molecule has 1 amide bonds. The first kappa shape index (κ1) is 11.4. The number of carbonyl (C=O) groups excluding carboxylic acids is 2. The number of Topliss-reactive ketones (excluding diaryl/α,β-unsaturated/α-hetero) is 1. The molecule has 0 saturated heterocycles. The van der Waals surface area contributed by atoms with Gasteiger partial charge < -0.3 is 4.90 Å². The van der Waals surface area contributed by atoms with Crippen LogP contribution in [0.15, 0.2) is 24.3 Å². The predicted octanol–water partition coefficient (Wildman–Crippen LogP) is 1.87. The first-order valence-electron chi connectivity index (χ1n) is 4.82. The van der Waals surface area contributed by atoms with Crippen molar-refractivity contribution in [2.24, 2.45) is 0 Å². The van der Waals surface area contributed by atoms with E-state index in [2.05, 4.69) is 0 Å². The van der Waals surface area contributed by atoms with Crippen molar-refractivity contribution < 1.29 is 9.59 Å². The van der Waals surface area contributed by atoms with Crippen LogP contribution >= 0.6 is 0 Å². The van der Waals surface area contributed by atoms with Gasteiger partial charge in [-0.3, -0.25) is 9.59 Å². The van der Waals surface area contributed by atoms with Crippen LogP contribution in [-0.4, -0.2) is 23.6 Å². The van der Waals surface area contributed by atoms with Crippen molar-refractivity contribution >= 4 is 11.7 Å². The van der Waals surface area contributed by atoms with E-state index in [1.54, 1.807) is 24.1 Å². The Morgan fingerprint density at radius 1 is 1.13 bits per heavy atom. The minimum Gasteiger partial charge on any atom is -0.342 e. The molecule has 0 aliphatic heterocycles. The lowest BCUT2D eigenvalue weighted by molar-refractivity contribution is -0.128. The summed E-state index contributed by atoms with van der Waals surface area (Å²) in [6.07, 6.45) is 0. The second-order valence-corrected chi connectivity index (χ2v) is 3.63. The van der Waals surface area contributed by atoms with Gasteiger partial charge >= 0.3 is 0 Å². The molecule has 0 aliphatic carbocycles. The van der Waals surface area contributed by atoms with Gasteiger partial charge in [-0.05, 0) is 12.5 Å². The van der Waals surface area contributed by atoms with E-state index in [-0.39, 0.29) is 11.7 Å². The molecule has 0 atom stereocenters. The average molecular weight is 205 g/mol. The Morgan fingerprint density at radius 3 is 2.07 bits per heavy atom. The van der Waals surface area contributed by atoms with E-state index in [1.165, 1.54) is 13.8 Å². The molecule has 0 saturated carbocycles. The van der Waals surface area contributed by atoms with Crippen molar-refractivity contribution in [2.45, 2.75) is 20.4 Å². The summed E-state index contributed by atoms with van der Waals surface area (Å²) in [5, 5.41) is 0. The topological polar surface area (TPSA) is 37.4 Å². The Morgan fingerprint density at radius 2 is 1.67 bits per heavy atom. The number of ketones is 1. The average Bonchev–Trinajstić information content (AvgIpc) is 2.18. The highest BCUT2D eigenvalue weighted by molar-refractivity contribution is 5.94. The minimum atomic E-state index is 0.0330. The fraction of sp³-hybridized carbons (Fsp3) is 0.333. The molecule has 0 aliphatic rings. The number of hydrogen-bond acceptors (Lipinski definition) is 2. The predicted molar refractivity (Wildman–Crippen MR) is 58.6 cm³/mol. The Labute approximate surface area is 89.7 Å². The fourth-order valence-electron chi connectivity index (χ4n) is 1.23. The second-order valence-electron chi connectivity index (χ2n) is 3.63. The van der Waals surface area contributed by atoms with Gasteiger partial charge in [-0.15, -0.1) is 0 Å². The van der Waals surface area contributed by atoms with Crippen LogP contribution in [-0.2, 0) is 11.3 Å². The Bertz CT molecular complexity index is 368. The summed E-state index contributed by atoms with van der Waals surface area (Å²) < 4.78 is 0. The Kier molecular flexibility index (Phi) is 3.61. The quantitative estimate of drug-likeness (QED) is 0.706. The van der Waals surface area contributed by atoms with Crippen molar-refractivity contribution in [3.8, 4) is 0 Å². The number of nitrogens with zero attached hydrogens (tertiary/aromatic N) is 1. The molecule has 3 heteroatoms. The van der Waals surface area contributed by atoms with Gasteiger partial charge in [0, 0.05) is 26.1 Å². The van der Waals surface area contributed by atoms with Crippen LogP contribution in [0.25, 0.3) is 0 Å². The first-order valence-corrected chi connectivity index (χ1v) is 4.82. The number of amides is 1. The van der Waals surface area contributed by atoms with Gasteiger partial charge in [-0.2, -0.15) is 0 Å². The fourth-order valence-corrected chi connectivity index (χ4v) is 1.23. The van der Waals surface area contributed by atoms with Crippen LogP contribution < -0.4 is 0 Å². The molecule has 1 rings (SSSR count). The third kappa shape index (κ3) is 3.20. The highest BCUT2D eigenvalue weighted by Crippen LogP contribution is 2.07. The monoisotopic (exact) mass is 205 g/mol. The van der Waals surface area contributed by atoms with Crippen LogP contribution in [0.3, 0.4) is 0 Å². The maximum Gasteiger partial charge on any atom is 0.219 e. The third-order valence-corrected chi connectivity index (χ3v) is 2.32. The normalized spacial score (nSPS) is 9.80. The van der Waals surface area contributed by atoms with Gasteiger partial charge in [0.25, 0.3) is 0 Å². The number of rotatable bonds is 3. The molecule has 1 aromatic carbocycles. The molecule has 0 bridgehead atoms. The summed E-state index contributed by atoms with van der Waals surface area (Å²) >= 11 is 0. The molecular formula is C12H15NO2. The van der Waals surface area contributed by atoms with Gasteiger partial charge in [0.1, 0.15) is 0 Å². The summed E-state index contributed by atoms with van der Waals surface area (Å²) in [5.74, 6) is 0.0899. The molecule has 0 N–H and O–H groups in total. The second kappa shape index (κ2) is 4.73. The zero-order chi connectivity index (χ0) is 11.4. The standard InChI is InChI=1S/C12H15NO2/c1-9(14)12-6-4-11(5-7-12)8-13(3)10(2)15/h4-7H,8H2,1-3H3. The minimum absolute atomic E-state index is 0.0330. The van der Waals surface area contributed by atoms with E-state index in [4.69, 9.17) is 0 Å². The molecule has 0 aromatic heterocycles.